The number of rotatable bonds is 9. The summed E-state index contributed by atoms with van der Waals surface area (Å²) >= 11 is 12.4. The van der Waals surface area contributed by atoms with Crippen molar-refractivity contribution in [2.24, 2.45) is 0 Å². The second-order valence-electron chi connectivity index (χ2n) is 11.9. The Balaban J connectivity index is 1.21. The van der Waals surface area contributed by atoms with E-state index in [1.807, 2.05) is 30.3 Å². The molecule has 0 N–H and O–H groups in total. The van der Waals surface area contributed by atoms with Crippen molar-refractivity contribution in [3.63, 3.8) is 0 Å². The van der Waals surface area contributed by atoms with Crippen molar-refractivity contribution >= 4 is 34.8 Å². The van der Waals surface area contributed by atoms with Crippen LogP contribution < -0.4 is 4.90 Å². The molecule has 1 saturated carbocycles. The minimum absolute atomic E-state index is 0.183. The summed E-state index contributed by atoms with van der Waals surface area (Å²) in [6.45, 7) is 9.26. The number of anilines is 1. The molecular formula is C35H43Cl2N3O. The molecule has 218 valence electrons. The number of hydrogen-bond donors (Lipinski definition) is 0. The van der Waals surface area contributed by atoms with Crippen molar-refractivity contribution in [1.29, 1.82) is 0 Å². The third-order valence-corrected chi connectivity index (χ3v) is 9.37. The molecule has 0 unspecified atom stereocenters. The Kier molecular flexibility index (Phi) is 10.3. The van der Waals surface area contributed by atoms with Gasteiger partial charge in [-0.3, -0.25) is 9.69 Å². The Morgan fingerprint density at radius 3 is 1.98 bits per heavy atom. The fraction of sp³-hybridized carbons (Fsp3) is 0.457. The van der Waals surface area contributed by atoms with E-state index in [1.165, 1.54) is 30.4 Å². The first kappa shape index (κ1) is 29.9. The normalized spacial score (nSPS) is 16.9. The smallest absolute Gasteiger partial charge is 0.254 e. The minimum Gasteiger partial charge on any atom is -0.369 e. The van der Waals surface area contributed by atoms with Gasteiger partial charge in [0.05, 0.1) is 0 Å². The van der Waals surface area contributed by atoms with E-state index in [4.69, 9.17) is 23.2 Å². The summed E-state index contributed by atoms with van der Waals surface area (Å²) in [6, 6.07) is 25.4. The third-order valence-electron chi connectivity index (χ3n) is 8.87. The van der Waals surface area contributed by atoms with Crippen molar-refractivity contribution in [2.75, 3.05) is 37.6 Å². The molecule has 1 aliphatic carbocycles. The van der Waals surface area contributed by atoms with Crippen LogP contribution in [-0.4, -0.2) is 60.5 Å². The predicted molar refractivity (Wildman–Crippen MR) is 173 cm³/mol. The molecule has 5 rings (SSSR count). The summed E-state index contributed by atoms with van der Waals surface area (Å²) in [5.74, 6) is 0.473. The second-order valence-corrected chi connectivity index (χ2v) is 12.8. The van der Waals surface area contributed by atoms with Gasteiger partial charge >= 0.3 is 0 Å². The van der Waals surface area contributed by atoms with Gasteiger partial charge in [0, 0.05) is 65.5 Å². The van der Waals surface area contributed by atoms with Crippen LogP contribution in [0.4, 0.5) is 5.69 Å². The van der Waals surface area contributed by atoms with E-state index in [1.54, 1.807) is 0 Å². The lowest BCUT2D eigenvalue weighted by molar-refractivity contribution is 0.0555. The number of carbonyl (C=O) groups is 1. The predicted octanol–water partition coefficient (Wildman–Crippen LogP) is 8.52. The summed E-state index contributed by atoms with van der Waals surface area (Å²) in [6.07, 6.45) is 7.03. The monoisotopic (exact) mass is 591 g/mol. The van der Waals surface area contributed by atoms with Crippen LogP contribution in [0.3, 0.4) is 0 Å². The summed E-state index contributed by atoms with van der Waals surface area (Å²) < 4.78 is 0. The molecule has 1 amide bonds. The molecule has 41 heavy (non-hydrogen) atoms. The standard InChI is InChI=1S/C35H43Cl2N3O/c1-26(2)40(32-8-4-3-5-9-32)35(41)29-7-6-10-33(25-29)39-23-21-38(22-24-39)20-19-34(27-11-15-30(36)16-12-27)28-13-17-31(37)18-14-28/h6-7,10-18,25-26,32,34H,3-5,8-9,19-24H2,1-2H3. The fourth-order valence-corrected chi connectivity index (χ4v) is 6.88. The van der Waals surface area contributed by atoms with Gasteiger partial charge in [0.25, 0.3) is 5.91 Å². The van der Waals surface area contributed by atoms with Gasteiger partial charge in [0.15, 0.2) is 0 Å². The van der Waals surface area contributed by atoms with Crippen molar-refractivity contribution in [3.05, 3.63) is 99.5 Å². The van der Waals surface area contributed by atoms with Crippen molar-refractivity contribution in [1.82, 2.24) is 9.80 Å². The molecule has 0 spiro atoms. The van der Waals surface area contributed by atoms with Crippen LogP contribution in [0.5, 0.6) is 0 Å². The first-order chi connectivity index (χ1) is 19.9. The zero-order valence-electron chi connectivity index (χ0n) is 24.4. The van der Waals surface area contributed by atoms with E-state index < -0.39 is 0 Å². The van der Waals surface area contributed by atoms with Gasteiger partial charge in [-0.1, -0.05) is 72.8 Å². The van der Waals surface area contributed by atoms with E-state index in [0.29, 0.717) is 12.0 Å². The Morgan fingerprint density at radius 1 is 0.829 bits per heavy atom. The Labute approximate surface area is 256 Å². The molecule has 0 atom stereocenters. The largest absolute Gasteiger partial charge is 0.369 e. The van der Waals surface area contributed by atoms with Crippen LogP contribution in [0, 0.1) is 0 Å². The molecule has 1 heterocycles. The molecule has 1 saturated heterocycles. The highest BCUT2D eigenvalue weighted by Gasteiger charge is 2.29. The van der Waals surface area contributed by atoms with Gasteiger partial charge in [0.1, 0.15) is 0 Å². The van der Waals surface area contributed by atoms with Crippen LogP contribution >= 0.6 is 23.2 Å². The van der Waals surface area contributed by atoms with E-state index in [-0.39, 0.29) is 11.9 Å². The van der Waals surface area contributed by atoms with Crippen molar-refractivity contribution in [3.8, 4) is 0 Å². The molecule has 0 aromatic heterocycles. The molecule has 3 aromatic carbocycles. The lowest BCUT2D eigenvalue weighted by Gasteiger charge is -2.38. The summed E-state index contributed by atoms with van der Waals surface area (Å²) in [5, 5.41) is 1.52. The van der Waals surface area contributed by atoms with E-state index in [9.17, 15) is 4.79 Å². The van der Waals surface area contributed by atoms with Gasteiger partial charge in [0.2, 0.25) is 0 Å². The zero-order chi connectivity index (χ0) is 28.8. The first-order valence-electron chi connectivity index (χ1n) is 15.3. The Morgan fingerprint density at radius 2 is 1.41 bits per heavy atom. The Bertz CT molecular complexity index is 1220. The third kappa shape index (κ3) is 7.66. The average molecular weight is 593 g/mol. The number of carbonyl (C=O) groups excluding carboxylic acids is 1. The van der Waals surface area contributed by atoms with Crippen LogP contribution in [0.25, 0.3) is 0 Å². The van der Waals surface area contributed by atoms with Gasteiger partial charge in [-0.2, -0.15) is 0 Å². The second kappa shape index (κ2) is 14.1. The first-order valence-corrected chi connectivity index (χ1v) is 16.1. The van der Waals surface area contributed by atoms with Gasteiger partial charge < -0.3 is 9.80 Å². The lowest BCUT2D eigenvalue weighted by Crippen LogP contribution is -2.47. The average Bonchev–Trinajstić information content (AvgIpc) is 3.00. The summed E-state index contributed by atoms with van der Waals surface area (Å²) in [4.78, 5) is 20.8. The topological polar surface area (TPSA) is 26.8 Å². The van der Waals surface area contributed by atoms with Gasteiger partial charge in [-0.25, -0.2) is 0 Å². The van der Waals surface area contributed by atoms with Crippen molar-refractivity contribution < 1.29 is 4.79 Å². The van der Waals surface area contributed by atoms with E-state index in [0.717, 1.165) is 73.3 Å². The maximum absolute atomic E-state index is 13.7. The molecule has 1 aliphatic heterocycles. The molecule has 2 fully saturated rings. The van der Waals surface area contributed by atoms with E-state index in [2.05, 4.69) is 71.0 Å². The van der Waals surface area contributed by atoms with Crippen molar-refractivity contribution in [2.45, 2.75) is 70.4 Å². The molecule has 3 aromatic rings. The highest BCUT2D eigenvalue weighted by atomic mass is 35.5. The van der Waals surface area contributed by atoms with Crippen LogP contribution in [0.2, 0.25) is 10.0 Å². The quantitative estimate of drug-likeness (QED) is 0.249. The van der Waals surface area contributed by atoms with Crippen LogP contribution in [0.1, 0.15) is 79.8 Å². The van der Waals surface area contributed by atoms with Crippen LogP contribution in [-0.2, 0) is 0 Å². The molecule has 2 aliphatic rings. The molecule has 6 heteroatoms. The highest BCUT2D eigenvalue weighted by molar-refractivity contribution is 6.30. The van der Waals surface area contributed by atoms with Gasteiger partial charge in [-0.15, -0.1) is 0 Å². The number of amides is 1. The summed E-state index contributed by atoms with van der Waals surface area (Å²) in [5.41, 5.74) is 4.53. The minimum atomic E-state index is 0.183. The molecule has 0 bridgehead atoms. The number of nitrogens with zero attached hydrogens (tertiary/aromatic N) is 3. The molecular weight excluding hydrogens is 549 g/mol. The Hall–Kier alpha value is -2.53. The number of halogens is 2. The molecule has 0 radical (unpaired) electrons. The summed E-state index contributed by atoms with van der Waals surface area (Å²) in [7, 11) is 0. The number of benzene rings is 3. The van der Waals surface area contributed by atoms with Gasteiger partial charge in [-0.05, 0) is 93.2 Å². The maximum Gasteiger partial charge on any atom is 0.254 e. The number of hydrogen-bond acceptors (Lipinski definition) is 3. The molecule has 4 nitrogen and oxygen atoms in total. The van der Waals surface area contributed by atoms with E-state index >= 15 is 0 Å². The highest BCUT2D eigenvalue weighted by Crippen LogP contribution is 2.31. The van der Waals surface area contributed by atoms with Crippen LogP contribution in [0.15, 0.2) is 72.8 Å². The lowest BCUT2D eigenvalue weighted by atomic mass is 9.88. The maximum atomic E-state index is 13.7. The number of piperazine rings is 1. The zero-order valence-corrected chi connectivity index (χ0v) is 26.0. The fourth-order valence-electron chi connectivity index (χ4n) is 6.62. The SMILES string of the molecule is CC(C)N(C(=O)c1cccc(N2CCN(CCC(c3ccc(Cl)cc3)c3ccc(Cl)cc3)CC2)c1)C1CCCCC1.